The molecule has 0 amide bonds. The van der Waals surface area contributed by atoms with Gasteiger partial charge in [0, 0.05) is 57.0 Å². The van der Waals surface area contributed by atoms with E-state index in [1.807, 2.05) is 0 Å². The fraction of sp³-hybridized carbons (Fsp3) is 0.727. The summed E-state index contributed by atoms with van der Waals surface area (Å²) in [5.41, 5.74) is 3.30. The fourth-order valence-corrected chi connectivity index (χ4v) is 5.56. The van der Waals surface area contributed by atoms with Crippen LogP contribution in [0.4, 0.5) is 5.82 Å². The van der Waals surface area contributed by atoms with Crippen LogP contribution in [-0.4, -0.2) is 66.1 Å². The maximum Gasteiger partial charge on any atom is 0.146 e. The first-order chi connectivity index (χ1) is 13.3. The van der Waals surface area contributed by atoms with Gasteiger partial charge in [-0.05, 0) is 43.7 Å². The average Bonchev–Trinajstić information content (AvgIpc) is 3.15. The number of hydrogen-bond acceptors (Lipinski definition) is 5. The van der Waals surface area contributed by atoms with Crippen molar-refractivity contribution < 1.29 is 0 Å². The minimum absolute atomic E-state index is 0.639. The molecule has 3 fully saturated rings. The first-order valence-electron chi connectivity index (χ1n) is 11.0. The van der Waals surface area contributed by atoms with Gasteiger partial charge in [-0.2, -0.15) is 5.26 Å². The normalized spacial score (nSPS) is 25.2. The quantitative estimate of drug-likeness (QED) is 0.824. The van der Waals surface area contributed by atoms with Crippen LogP contribution in [-0.2, 0) is 12.8 Å². The number of aromatic nitrogens is 1. The fourth-order valence-electron chi connectivity index (χ4n) is 5.56. The lowest BCUT2D eigenvalue weighted by Gasteiger charge is -2.50. The zero-order valence-electron chi connectivity index (χ0n) is 16.4. The van der Waals surface area contributed by atoms with Crippen LogP contribution in [0.3, 0.4) is 0 Å². The molecule has 5 rings (SSSR count). The first kappa shape index (κ1) is 17.5. The summed E-state index contributed by atoms with van der Waals surface area (Å²) in [6.45, 7) is 6.95. The Bertz CT molecular complexity index is 719. The van der Waals surface area contributed by atoms with Crippen LogP contribution in [0.1, 0.15) is 55.3 Å². The molecule has 1 saturated carbocycles. The molecule has 1 aromatic heterocycles. The molecule has 2 saturated heterocycles. The highest BCUT2D eigenvalue weighted by molar-refractivity contribution is 5.58. The Morgan fingerprint density at radius 2 is 1.59 bits per heavy atom. The van der Waals surface area contributed by atoms with E-state index in [0.717, 1.165) is 43.4 Å². The van der Waals surface area contributed by atoms with Gasteiger partial charge in [0.15, 0.2) is 0 Å². The summed E-state index contributed by atoms with van der Waals surface area (Å²) >= 11 is 0. The number of pyridine rings is 1. The third-order valence-corrected chi connectivity index (χ3v) is 7.27. The molecule has 0 radical (unpaired) electrons. The molecule has 2 aliphatic carbocycles. The van der Waals surface area contributed by atoms with Gasteiger partial charge in [-0.3, -0.25) is 9.80 Å². The number of rotatable bonds is 3. The van der Waals surface area contributed by atoms with E-state index in [0.29, 0.717) is 6.04 Å². The van der Waals surface area contributed by atoms with Crippen LogP contribution in [0.25, 0.3) is 0 Å². The van der Waals surface area contributed by atoms with Crippen LogP contribution >= 0.6 is 0 Å². The van der Waals surface area contributed by atoms with Crippen molar-refractivity contribution in [1.82, 2.24) is 14.8 Å². The van der Waals surface area contributed by atoms with Crippen molar-refractivity contribution in [2.45, 2.75) is 63.5 Å². The molecule has 2 aliphatic heterocycles. The van der Waals surface area contributed by atoms with E-state index in [9.17, 15) is 5.26 Å². The third-order valence-electron chi connectivity index (χ3n) is 7.27. The Hall–Kier alpha value is -1.64. The summed E-state index contributed by atoms with van der Waals surface area (Å²) in [6.07, 6.45) is 10.5. The molecule has 1 aromatic rings. The van der Waals surface area contributed by atoms with Crippen molar-refractivity contribution in [1.29, 1.82) is 5.26 Å². The number of nitriles is 1. The maximum atomic E-state index is 9.55. The SMILES string of the molecule is N#Cc1cc2c(nc1N1CC(N3CCN(C4CCCCC4)CC3)C1)CCC2. The summed E-state index contributed by atoms with van der Waals surface area (Å²) in [7, 11) is 0. The number of piperazine rings is 1. The van der Waals surface area contributed by atoms with Crippen molar-refractivity contribution in [3.8, 4) is 6.07 Å². The van der Waals surface area contributed by atoms with Crippen molar-refractivity contribution in [2.24, 2.45) is 0 Å². The second kappa shape index (κ2) is 7.41. The molecule has 0 unspecified atom stereocenters. The van der Waals surface area contributed by atoms with E-state index in [-0.39, 0.29) is 0 Å². The number of hydrogen-bond donors (Lipinski definition) is 0. The number of aryl methyl sites for hydroxylation is 2. The zero-order valence-corrected chi connectivity index (χ0v) is 16.4. The Balaban J connectivity index is 1.17. The molecule has 0 atom stereocenters. The van der Waals surface area contributed by atoms with Crippen molar-refractivity contribution >= 4 is 5.82 Å². The molecule has 3 heterocycles. The van der Waals surface area contributed by atoms with Gasteiger partial charge in [-0.25, -0.2) is 4.98 Å². The molecular weight excluding hydrogens is 334 g/mol. The predicted octanol–water partition coefficient (Wildman–Crippen LogP) is 2.58. The molecule has 0 aromatic carbocycles. The molecule has 5 nitrogen and oxygen atoms in total. The third kappa shape index (κ3) is 3.34. The predicted molar refractivity (Wildman–Crippen MR) is 107 cm³/mol. The van der Waals surface area contributed by atoms with Gasteiger partial charge in [-0.1, -0.05) is 19.3 Å². The Kier molecular flexibility index (Phi) is 4.79. The molecule has 27 heavy (non-hydrogen) atoms. The van der Waals surface area contributed by atoms with Crippen LogP contribution in [0.15, 0.2) is 6.07 Å². The summed E-state index contributed by atoms with van der Waals surface area (Å²) in [5.74, 6) is 0.940. The van der Waals surface area contributed by atoms with Gasteiger partial charge >= 0.3 is 0 Å². The lowest BCUT2D eigenvalue weighted by Crippen LogP contribution is -2.64. The highest BCUT2D eigenvalue weighted by atomic mass is 15.4. The van der Waals surface area contributed by atoms with Gasteiger partial charge in [0.25, 0.3) is 0 Å². The van der Waals surface area contributed by atoms with Gasteiger partial charge in [0.2, 0.25) is 0 Å². The zero-order chi connectivity index (χ0) is 18.2. The van der Waals surface area contributed by atoms with E-state index in [2.05, 4.69) is 26.8 Å². The molecule has 4 aliphatic rings. The van der Waals surface area contributed by atoms with Crippen LogP contribution in [0, 0.1) is 11.3 Å². The molecule has 5 heteroatoms. The molecular formula is C22H31N5. The Morgan fingerprint density at radius 3 is 2.30 bits per heavy atom. The van der Waals surface area contributed by atoms with Gasteiger partial charge in [-0.15, -0.1) is 0 Å². The highest BCUT2D eigenvalue weighted by Crippen LogP contribution is 2.31. The maximum absolute atomic E-state index is 9.55. The molecule has 0 spiro atoms. The molecule has 0 bridgehead atoms. The minimum atomic E-state index is 0.639. The largest absolute Gasteiger partial charge is 0.352 e. The summed E-state index contributed by atoms with van der Waals surface area (Å²) in [5, 5.41) is 9.55. The second-order valence-electron chi connectivity index (χ2n) is 8.85. The number of nitrogens with zero attached hydrogens (tertiary/aromatic N) is 5. The van der Waals surface area contributed by atoms with Gasteiger partial charge in [0.05, 0.1) is 5.56 Å². The van der Waals surface area contributed by atoms with Crippen molar-refractivity contribution in [2.75, 3.05) is 44.2 Å². The number of fused-ring (bicyclic) bond motifs is 1. The standard InChI is InChI=1S/C22H31N5/c23-14-18-13-17-5-4-8-21(17)24-22(18)27-15-20(16-27)26-11-9-25(10-12-26)19-6-2-1-3-7-19/h13,19-20H,1-12,15-16H2. The lowest BCUT2D eigenvalue weighted by molar-refractivity contribution is 0.0487. The minimum Gasteiger partial charge on any atom is -0.352 e. The van der Waals surface area contributed by atoms with Gasteiger partial charge < -0.3 is 4.90 Å². The van der Waals surface area contributed by atoms with Crippen LogP contribution < -0.4 is 4.90 Å². The van der Waals surface area contributed by atoms with E-state index in [1.165, 1.54) is 76.0 Å². The lowest BCUT2D eigenvalue weighted by atomic mass is 9.93. The summed E-state index contributed by atoms with van der Waals surface area (Å²) in [6, 6.07) is 5.98. The first-order valence-corrected chi connectivity index (χ1v) is 11.0. The van der Waals surface area contributed by atoms with Crippen LogP contribution in [0.5, 0.6) is 0 Å². The van der Waals surface area contributed by atoms with Crippen LogP contribution in [0.2, 0.25) is 0 Å². The monoisotopic (exact) mass is 365 g/mol. The topological polar surface area (TPSA) is 46.4 Å². The van der Waals surface area contributed by atoms with E-state index in [1.54, 1.807) is 0 Å². The Morgan fingerprint density at radius 1 is 0.889 bits per heavy atom. The molecule has 144 valence electrons. The van der Waals surface area contributed by atoms with E-state index >= 15 is 0 Å². The smallest absolute Gasteiger partial charge is 0.146 e. The van der Waals surface area contributed by atoms with E-state index < -0.39 is 0 Å². The van der Waals surface area contributed by atoms with Crippen molar-refractivity contribution in [3.05, 3.63) is 22.9 Å². The van der Waals surface area contributed by atoms with Crippen molar-refractivity contribution in [3.63, 3.8) is 0 Å². The summed E-state index contributed by atoms with van der Waals surface area (Å²) in [4.78, 5) is 12.6. The second-order valence-corrected chi connectivity index (χ2v) is 8.85. The van der Waals surface area contributed by atoms with E-state index in [4.69, 9.17) is 4.98 Å². The molecule has 0 N–H and O–H groups in total. The van der Waals surface area contributed by atoms with Gasteiger partial charge in [0.1, 0.15) is 11.9 Å². The highest BCUT2D eigenvalue weighted by Gasteiger charge is 2.36. The number of anilines is 1. The Labute approximate surface area is 163 Å². The average molecular weight is 366 g/mol. The summed E-state index contributed by atoms with van der Waals surface area (Å²) < 4.78 is 0.